The Morgan fingerprint density at radius 1 is 0.929 bits per heavy atom. The van der Waals surface area contributed by atoms with Crippen LogP contribution in [0.4, 0.5) is 0 Å². The first-order chi connectivity index (χ1) is 13.2. The van der Waals surface area contributed by atoms with Crippen LogP contribution in [0.2, 0.25) is 0 Å². The van der Waals surface area contributed by atoms with Crippen molar-refractivity contribution in [2.45, 2.75) is 48.8 Å². The quantitative estimate of drug-likeness (QED) is 0.745. The molecule has 0 spiro atoms. The van der Waals surface area contributed by atoms with Crippen molar-refractivity contribution >= 4 is 26.0 Å². The van der Waals surface area contributed by atoms with Crippen LogP contribution in [-0.2, 0) is 24.8 Å². The summed E-state index contributed by atoms with van der Waals surface area (Å²) in [6.45, 7) is 2.97. The fourth-order valence-electron chi connectivity index (χ4n) is 3.83. The molecular formula is C18H27N3O5S2. The van der Waals surface area contributed by atoms with Crippen molar-refractivity contribution in [1.82, 2.24) is 13.9 Å². The first-order valence-corrected chi connectivity index (χ1v) is 12.5. The standard InChI is InChI=1S/C18H27N3O5S2/c1-15(22)20-11-13-21(14-12-20)28(25,26)18-9-7-16(8-10-18)19-27(23,24)17-5-3-2-4-6-17/h2-6,16,18-19H,7-14H2,1H3. The van der Waals surface area contributed by atoms with Gasteiger partial charge in [0.2, 0.25) is 26.0 Å². The van der Waals surface area contributed by atoms with Gasteiger partial charge in [0.15, 0.2) is 0 Å². The summed E-state index contributed by atoms with van der Waals surface area (Å²) in [7, 11) is -7.03. The Balaban J connectivity index is 1.55. The molecule has 28 heavy (non-hydrogen) atoms. The van der Waals surface area contributed by atoms with E-state index in [2.05, 4.69) is 4.72 Å². The molecule has 1 aliphatic heterocycles. The van der Waals surface area contributed by atoms with Crippen LogP contribution in [0.15, 0.2) is 35.2 Å². The van der Waals surface area contributed by atoms with Gasteiger partial charge in [0.1, 0.15) is 0 Å². The van der Waals surface area contributed by atoms with Crippen LogP contribution in [0.25, 0.3) is 0 Å². The van der Waals surface area contributed by atoms with E-state index in [0.29, 0.717) is 51.9 Å². The van der Waals surface area contributed by atoms with Gasteiger partial charge in [-0.05, 0) is 37.8 Å². The number of nitrogens with zero attached hydrogens (tertiary/aromatic N) is 2. The third kappa shape index (κ3) is 4.73. The van der Waals surface area contributed by atoms with Crippen LogP contribution in [-0.4, -0.2) is 69.4 Å². The number of rotatable bonds is 5. The number of nitrogens with one attached hydrogen (secondary N) is 1. The third-order valence-electron chi connectivity index (χ3n) is 5.51. The zero-order valence-corrected chi connectivity index (χ0v) is 17.6. The summed E-state index contributed by atoms with van der Waals surface area (Å²) < 4.78 is 54.9. The summed E-state index contributed by atoms with van der Waals surface area (Å²) in [5, 5.41) is -0.492. The molecule has 1 heterocycles. The molecule has 0 unspecified atom stereocenters. The number of carbonyl (C=O) groups excluding carboxylic acids is 1. The minimum absolute atomic E-state index is 0.0387. The van der Waals surface area contributed by atoms with Gasteiger partial charge in [-0.2, -0.15) is 4.31 Å². The van der Waals surface area contributed by atoms with Crippen LogP contribution in [0.1, 0.15) is 32.6 Å². The maximum Gasteiger partial charge on any atom is 0.240 e. The van der Waals surface area contributed by atoms with Gasteiger partial charge in [-0.15, -0.1) is 0 Å². The van der Waals surface area contributed by atoms with Crippen LogP contribution in [0.3, 0.4) is 0 Å². The molecule has 2 aliphatic rings. The van der Waals surface area contributed by atoms with Crippen LogP contribution in [0.5, 0.6) is 0 Å². The smallest absolute Gasteiger partial charge is 0.240 e. The first kappa shape index (κ1) is 21.2. The lowest BCUT2D eigenvalue weighted by atomic mass is 9.96. The van der Waals surface area contributed by atoms with E-state index in [0.717, 1.165) is 0 Å². The molecule has 0 aromatic heterocycles. The van der Waals surface area contributed by atoms with E-state index in [4.69, 9.17) is 0 Å². The lowest BCUT2D eigenvalue weighted by Gasteiger charge is -2.37. The highest BCUT2D eigenvalue weighted by molar-refractivity contribution is 7.90. The number of piperazine rings is 1. The molecule has 1 saturated heterocycles. The molecule has 1 N–H and O–H groups in total. The highest BCUT2D eigenvalue weighted by Gasteiger charge is 2.37. The topological polar surface area (TPSA) is 104 Å². The van der Waals surface area contributed by atoms with Gasteiger partial charge in [0.25, 0.3) is 0 Å². The van der Waals surface area contributed by atoms with Crippen molar-refractivity contribution in [2.24, 2.45) is 0 Å². The Bertz CT molecular complexity index is 886. The zero-order chi connectivity index (χ0) is 20.4. The van der Waals surface area contributed by atoms with Crippen LogP contribution >= 0.6 is 0 Å². The molecule has 1 aliphatic carbocycles. The van der Waals surface area contributed by atoms with Gasteiger partial charge in [0, 0.05) is 39.1 Å². The summed E-state index contributed by atoms with van der Waals surface area (Å²) >= 11 is 0. The Kier molecular flexibility index (Phi) is 6.43. The second-order valence-electron chi connectivity index (χ2n) is 7.36. The number of benzene rings is 1. The van der Waals surface area contributed by atoms with Gasteiger partial charge in [0.05, 0.1) is 10.1 Å². The summed E-state index contributed by atoms with van der Waals surface area (Å²) in [6.07, 6.45) is 1.83. The largest absolute Gasteiger partial charge is 0.340 e. The zero-order valence-electron chi connectivity index (χ0n) is 16.0. The number of hydrogen-bond acceptors (Lipinski definition) is 5. The molecule has 3 rings (SSSR count). The maximum atomic E-state index is 12.9. The SMILES string of the molecule is CC(=O)N1CCN(S(=O)(=O)C2CCC(NS(=O)(=O)c3ccccc3)CC2)CC1. The van der Waals surface area contributed by atoms with Crippen molar-refractivity contribution in [3.05, 3.63) is 30.3 Å². The van der Waals surface area contributed by atoms with Crippen molar-refractivity contribution in [3.8, 4) is 0 Å². The van der Waals surface area contributed by atoms with Gasteiger partial charge < -0.3 is 4.90 Å². The summed E-state index contributed by atoms with van der Waals surface area (Å²) in [5.74, 6) is -0.0387. The minimum Gasteiger partial charge on any atom is -0.340 e. The number of carbonyl (C=O) groups is 1. The molecule has 1 saturated carbocycles. The van der Waals surface area contributed by atoms with Crippen molar-refractivity contribution in [1.29, 1.82) is 0 Å². The van der Waals surface area contributed by atoms with E-state index in [1.165, 1.54) is 11.2 Å². The van der Waals surface area contributed by atoms with Crippen LogP contribution in [0, 0.1) is 0 Å². The predicted octanol–water partition coefficient (Wildman–Crippen LogP) is 0.770. The Morgan fingerprint density at radius 2 is 1.50 bits per heavy atom. The van der Waals surface area contributed by atoms with Crippen molar-refractivity contribution < 1.29 is 21.6 Å². The average Bonchev–Trinajstić information content (AvgIpc) is 2.69. The third-order valence-corrected chi connectivity index (χ3v) is 9.45. The van der Waals surface area contributed by atoms with Gasteiger partial charge in [-0.25, -0.2) is 21.6 Å². The van der Waals surface area contributed by atoms with Gasteiger partial charge >= 0.3 is 0 Å². The summed E-state index contributed by atoms with van der Waals surface area (Å²) in [5.41, 5.74) is 0. The van der Waals surface area contributed by atoms with E-state index in [9.17, 15) is 21.6 Å². The van der Waals surface area contributed by atoms with Gasteiger partial charge in [-0.3, -0.25) is 4.79 Å². The monoisotopic (exact) mass is 429 g/mol. The normalized spacial score (nSPS) is 24.8. The van der Waals surface area contributed by atoms with Gasteiger partial charge in [-0.1, -0.05) is 18.2 Å². The number of amides is 1. The second-order valence-corrected chi connectivity index (χ2v) is 11.3. The minimum atomic E-state index is -3.59. The number of sulfonamides is 2. The molecule has 156 valence electrons. The number of hydrogen-bond donors (Lipinski definition) is 1. The van der Waals surface area contributed by atoms with E-state index < -0.39 is 25.3 Å². The summed E-state index contributed by atoms with van der Waals surface area (Å²) in [6, 6.07) is 7.92. The van der Waals surface area contributed by atoms with Crippen molar-refractivity contribution in [2.75, 3.05) is 26.2 Å². The lowest BCUT2D eigenvalue weighted by Crippen LogP contribution is -2.53. The predicted molar refractivity (Wildman–Crippen MR) is 106 cm³/mol. The maximum absolute atomic E-state index is 12.9. The molecule has 1 aromatic rings. The Hall–Kier alpha value is -1.49. The molecule has 0 radical (unpaired) electrons. The lowest BCUT2D eigenvalue weighted by molar-refractivity contribution is -0.129. The molecule has 8 nitrogen and oxygen atoms in total. The highest BCUT2D eigenvalue weighted by Crippen LogP contribution is 2.28. The fourth-order valence-corrected chi connectivity index (χ4v) is 7.12. The van der Waals surface area contributed by atoms with E-state index in [1.807, 2.05) is 0 Å². The molecule has 1 aromatic carbocycles. The second kappa shape index (κ2) is 8.48. The fraction of sp³-hybridized carbons (Fsp3) is 0.611. The summed E-state index contributed by atoms with van der Waals surface area (Å²) in [4.78, 5) is 13.3. The molecule has 0 bridgehead atoms. The first-order valence-electron chi connectivity index (χ1n) is 9.52. The molecular weight excluding hydrogens is 402 g/mol. The molecule has 10 heteroatoms. The molecule has 1 amide bonds. The Morgan fingerprint density at radius 3 is 2.04 bits per heavy atom. The van der Waals surface area contributed by atoms with E-state index >= 15 is 0 Å². The van der Waals surface area contributed by atoms with Crippen molar-refractivity contribution in [3.63, 3.8) is 0 Å². The molecule has 0 atom stereocenters. The highest BCUT2D eigenvalue weighted by atomic mass is 32.2. The molecule has 2 fully saturated rings. The van der Waals surface area contributed by atoms with E-state index in [-0.39, 0.29) is 16.8 Å². The van der Waals surface area contributed by atoms with Crippen LogP contribution < -0.4 is 4.72 Å². The Labute approximate surface area is 167 Å². The average molecular weight is 430 g/mol. The van der Waals surface area contributed by atoms with E-state index in [1.54, 1.807) is 35.2 Å².